The molecule has 1 aliphatic rings. The highest BCUT2D eigenvalue weighted by atomic mass is 16.5. The lowest BCUT2D eigenvalue weighted by molar-refractivity contribution is 0.0526. The zero-order valence-electron chi connectivity index (χ0n) is 13.2. The van der Waals surface area contributed by atoms with Gasteiger partial charge in [0.25, 0.3) is 0 Å². The maximum absolute atomic E-state index is 11.8. The van der Waals surface area contributed by atoms with Crippen LogP contribution < -0.4 is 5.32 Å². The van der Waals surface area contributed by atoms with Gasteiger partial charge < -0.3 is 10.1 Å². The van der Waals surface area contributed by atoms with Crippen molar-refractivity contribution in [2.75, 3.05) is 11.9 Å². The Morgan fingerprint density at radius 1 is 1.24 bits per heavy atom. The first-order valence-electron chi connectivity index (χ1n) is 8.26. The van der Waals surface area contributed by atoms with Crippen LogP contribution in [0.2, 0.25) is 0 Å². The van der Waals surface area contributed by atoms with Crippen molar-refractivity contribution in [1.82, 2.24) is 0 Å². The van der Waals surface area contributed by atoms with Crippen LogP contribution in [0.25, 0.3) is 0 Å². The van der Waals surface area contributed by atoms with Crippen molar-refractivity contribution in [2.24, 2.45) is 5.92 Å². The number of hydrogen-bond donors (Lipinski definition) is 1. The van der Waals surface area contributed by atoms with Gasteiger partial charge in [-0.3, -0.25) is 0 Å². The van der Waals surface area contributed by atoms with Gasteiger partial charge in [-0.05, 0) is 56.7 Å². The van der Waals surface area contributed by atoms with E-state index in [1.165, 1.54) is 38.5 Å². The fraction of sp³-hybridized carbons (Fsp3) is 0.611. The molecule has 0 atom stereocenters. The molecule has 0 aliphatic heterocycles. The highest BCUT2D eigenvalue weighted by molar-refractivity contribution is 5.90. The topological polar surface area (TPSA) is 38.3 Å². The lowest BCUT2D eigenvalue weighted by atomic mass is 9.83. The molecule has 0 aromatic heterocycles. The van der Waals surface area contributed by atoms with Crippen molar-refractivity contribution in [1.29, 1.82) is 0 Å². The van der Waals surface area contributed by atoms with E-state index < -0.39 is 0 Å². The SMILES string of the molecule is CCCC1CCC(Nc2cccc(C(=O)OCC)c2)CC1. The summed E-state index contributed by atoms with van der Waals surface area (Å²) in [6.07, 6.45) is 7.77. The summed E-state index contributed by atoms with van der Waals surface area (Å²) in [5, 5.41) is 3.57. The molecule has 1 fully saturated rings. The van der Waals surface area contributed by atoms with Crippen molar-refractivity contribution in [3.63, 3.8) is 0 Å². The normalized spacial score (nSPS) is 21.8. The van der Waals surface area contributed by atoms with E-state index in [0.717, 1.165) is 11.6 Å². The second-order valence-corrected chi connectivity index (χ2v) is 5.95. The molecule has 1 aromatic rings. The van der Waals surface area contributed by atoms with Crippen molar-refractivity contribution in [2.45, 2.75) is 58.4 Å². The van der Waals surface area contributed by atoms with Gasteiger partial charge in [0, 0.05) is 11.7 Å². The minimum Gasteiger partial charge on any atom is -0.462 e. The van der Waals surface area contributed by atoms with Crippen molar-refractivity contribution in [3.05, 3.63) is 29.8 Å². The third-order valence-corrected chi connectivity index (χ3v) is 4.29. The molecule has 0 saturated heterocycles. The van der Waals surface area contributed by atoms with E-state index in [4.69, 9.17) is 4.74 Å². The molecule has 116 valence electrons. The lowest BCUT2D eigenvalue weighted by Crippen LogP contribution is -2.26. The highest BCUT2D eigenvalue weighted by Gasteiger charge is 2.20. The van der Waals surface area contributed by atoms with Crippen molar-refractivity contribution in [3.8, 4) is 0 Å². The number of carbonyl (C=O) groups is 1. The summed E-state index contributed by atoms with van der Waals surface area (Å²) in [6, 6.07) is 8.19. The quantitative estimate of drug-likeness (QED) is 0.776. The summed E-state index contributed by atoms with van der Waals surface area (Å²) < 4.78 is 5.05. The Kier molecular flexibility index (Phi) is 6.09. The molecule has 1 aliphatic carbocycles. The van der Waals surface area contributed by atoms with E-state index in [0.29, 0.717) is 18.2 Å². The highest BCUT2D eigenvalue weighted by Crippen LogP contribution is 2.29. The minimum atomic E-state index is -0.243. The second kappa shape index (κ2) is 8.06. The minimum absolute atomic E-state index is 0.243. The standard InChI is InChI=1S/C18H27NO2/c1-3-6-14-9-11-16(12-10-14)19-17-8-5-7-15(13-17)18(20)21-4-2/h5,7-8,13-14,16,19H,3-4,6,9-12H2,1-2H3. The lowest BCUT2D eigenvalue weighted by Gasteiger charge is -2.29. The van der Waals surface area contributed by atoms with Crippen molar-refractivity contribution < 1.29 is 9.53 Å². The van der Waals surface area contributed by atoms with E-state index in [9.17, 15) is 4.79 Å². The summed E-state index contributed by atoms with van der Waals surface area (Å²) in [7, 11) is 0. The Hall–Kier alpha value is -1.51. The monoisotopic (exact) mass is 289 g/mol. The van der Waals surface area contributed by atoms with Gasteiger partial charge in [0.15, 0.2) is 0 Å². The summed E-state index contributed by atoms with van der Waals surface area (Å²) in [6.45, 7) is 4.51. The maximum atomic E-state index is 11.8. The van der Waals surface area contributed by atoms with Crippen LogP contribution in [-0.2, 0) is 4.74 Å². The number of carbonyl (C=O) groups excluding carboxylic acids is 1. The fourth-order valence-corrected chi connectivity index (χ4v) is 3.19. The Morgan fingerprint density at radius 3 is 2.67 bits per heavy atom. The third kappa shape index (κ3) is 4.76. The van der Waals surface area contributed by atoms with Crippen LogP contribution in [0.3, 0.4) is 0 Å². The van der Waals surface area contributed by atoms with E-state index in [-0.39, 0.29) is 5.97 Å². The zero-order valence-corrected chi connectivity index (χ0v) is 13.2. The summed E-state index contributed by atoms with van der Waals surface area (Å²) in [4.78, 5) is 11.8. The van der Waals surface area contributed by atoms with E-state index in [1.54, 1.807) is 6.07 Å². The van der Waals surface area contributed by atoms with Gasteiger partial charge in [-0.2, -0.15) is 0 Å². The largest absolute Gasteiger partial charge is 0.462 e. The van der Waals surface area contributed by atoms with Gasteiger partial charge in [0.1, 0.15) is 0 Å². The van der Waals surface area contributed by atoms with Gasteiger partial charge in [-0.1, -0.05) is 25.8 Å². The number of ether oxygens (including phenoxy) is 1. The third-order valence-electron chi connectivity index (χ3n) is 4.29. The van der Waals surface area contributed by atoms with Gasteiger partial charge in [0.05, 0.1) is 12.2 Å². The molecule has 0 bridgehead atoms. The molecule has 1 aromatic carbocycles. The maximum Gasteiger partial charge on any atom is 0.338 e. The molecule has 2 rings (SSSR count). The fourth-order valence-electron chi connectivity index (χ4n) is 3.19. The van der Waals surface area contributed by atoms with E-state index >= 15 is 0 Å². The van der Waals surface area contributed by atoms with Crippen molar-refractivity contribution >= 4 is 11.7 Å². The first kappa shape index (κ1) is 15.9. The molecule has 0 radical (unpaired) electrons. The number of anilines is 1. The Labute approximate surface area is 128 Å². The molecular weight excluding hydrogens is 262 g/mol. The van der Waals surface area contributed by atoms with Crippen LogP contribution in [-0.4, -0.2) is 18.6 Å². The Bertz CT molecular complexity index is 450. The second-order valence-electron chi connectivity index (χ2n) is 5.95. The molecule has 1 saturated carbocycles. The van der Waals surface area contributed by atoms with Crippen LogP contribution in [0.5, 0.6) is 0 Å². The first-order chi connectivity index (χ1) is 10.2. The average Bonchev–Trinajstić information content (AvgIpc) is 2.50. The molecule has 0 heterocycles. The summed E-state index contributed by atoms with van der Waals surface area (Å²) in [5.41, 5.74) is 1.65. The predicted molar refractivity (Wildman–Crippen MR) is 86.7 cm³/mol. The Balaban J connectivity index is 1.89. The number of rotatable bonds is 6. The zero-order chi connectivity index (χ0) is 15.1. The van der Waals surface area contributed by atoms with E-state index in [2.05, 4.69) is 12.2 Å². The molecule has 0 spiro atoms. The van der Waals surface area contributed by atoms with Crippen LogP contribution in [0.15, 0.2) is 24.3 Å². The molecule has 1 N–H and O–H groups in total. The smallest absolute Gasteiger partial charge is 0.338 e. The van der Waals surface area contributed by atoms with E-state index in [1.807, 2.05) is 25.1 Å². The number of hydrogen-bond acceptors (Lipinski definition) is 3. The van der Waals surface area contributed by atoms with Gasteiger partial charge in [-0.15, -0.1) is 0 Å². The average molecular weight is 289 g/mol. The Morgan fingerprint density at radius 2 is 2.00 bits per heavy atom. The molecular formula is C18H27NO2. The molecule has 0 amide bonds. The first-order valence-corrected chi connectivity index (χ1v) is 8.26. The van der Waals surface area contributed by atoms with Gasteiger partial charge in [-0.25, -0.2) is 4.79 Å². The van der Waals surface area contributed by atoms with Crippen LogP contribution in [0.4, 0.5) is 5.69 Å². The molecule has 3 nitrogen and oxygen atoms in total. The number of benzene rings is 1. The van der Waals surface area contributed by atoms with Crippen LogP contribution in [0, 0.1) is 5.92 Å². The van der Waals surface area contributed by atoms with Crippen LogP contribution >= 0.6 is 0 Å². The number of esters is 1. The molecule has 3 heteroatoms. The predicted octanol–water partition coefficient (Wildman–Crippen LogP) is 4.63. The molecule has 0 unspecified atom stereocenters. The summed E-state index contributed by atoms with van der Waals surface area (Å²) in [5.74, 6) is 0.673. The number of nitrogens with one attached hydrogen (secondary N) is 1. The van der Waals surface area contributed by atoms with Crippen LogP contribution in [0.1, 0.15) is 62.7 Å². The van der Waals surface area contributed by atoms with Gasteiger partial charge in [0.2, 0.25) is 0 Å². The molecule has 21 heavy (non-hydrogen) atoms. The van der Waals surface area contributed by atoms with Gasteiger partial charge >= 0.3 is 5.97 Å². The summed E-state index contributed by atoms with van der Waals surface area (Å²) >= 11 is 0.